The van der Waals surface area contributed by atoms with Gasteiger partial charge in [0.05, 0.1) is 9.85 Å². The SMILES string of the molecule is CNC(C)C/C=C/c1ccc(C)c([N+](=O)[O-])c1.CNC(C)C/C=C/c1ccc(C)c([N+](=O)[O-])c1.O=C(O)[C@@H](O)[C@H](O)[C@H](O)[C@@H](O)C(=O)O. The lowest BCUT2D eigenvalue weighted by Gasteiger charge is -2.21. The van der Waals surface area contributed by atoms with Gasteiger partial charge in [-0.1, -0.05) is 48.6 Å². The number of aliphatic hydroxyl groups is 4. The largest absolute Gasteiger partial charge is 0.479 e. The molecule has 0 bridgehead atoms. The first-order chi connectivity index (χ1) is 22.4. The Labute approximate surface area is 278 Å². The number of rotatable bonds is 15. The van der Waals surface area contributed by atoms with E-state index in [0.29, 0.717) is 23.2 Å². The lowest BCUT2D eigenvalue weighted by Crippen LogP contribution is -2.49. The van der Waals surface area contributed by atoms with E-state index in [1.807, 2.05) is 50.5 Å². The highest BCUT2D eigenvalue weighted by atomic mass is 16.6. The highest BCUT2D eigenvalue weighted by Crippen LogP contribution is 2.21. The van der Waals surface area contributed by atoms with Gasteiger partial charge in [-0.25, -0.2) is 9.59 Å². The number of aliphatic carboxylic acids is 2. The fourth-order valence-electron chi connectivity index (χ4n) is 3.57. The van der Waals surface area contributed by atoms with E-state index in [1.54, 1.807) is 38.1 Å². The summed E-state index contributed by atoms with van der Waals surface area (Å²) in [5, 5.41) is 79.3. The summed E-state index contributed by atoms with van der Waals surface area (Å²) in [4.78, 5) is 41.0. The lowest BCUT2D eigenvalue weighted by molar-refractivity contribution is -0.385. The number of nitrogens with one attached hydrogen (secondary N) is 2. The lowest BCUT2D eigenvalue weighted by atomic mass is 10.0. The van der Waals surface area contributed by atoms with Gasteiger partial charge in [-0.05, 0) is 65.8 Å². The van der Waals surface area contributed by atoms with Gasteiger partial charge in [0.15, 0.2) is 12.2 Å². The molecule has 2 unspecified atom stereocenters. The number of benzene rings is 2. The van der Waals surface area contributed by atoms with Crippen molar-refractivity contribution in [3.05, 3.63) is 91.0 Å². The molecule has 2 aromatic carbocycles. The topological polar surface area (TPSA) is 266 Å². The Kier molecular flexibility index (Phi) is 20.0. The third-order valence-electron chi connectivity index (χ3n) is 6.95. The van der Waals surface area contributed by atoms with Crippen molar-refractivity contribution in [2.45, 2.75) is 77.0 Å². The van der Waals surface area contributed by atoms with Gasteiger partial charge in [-0.15, -0.1) is 0 Å². The van der Waals surface area contributed by atoms with Crippen molar-refractivity contribution in [3.8, 4) is 0 Å². The number of aryl methyl sites for hydroxylation is 2. The smallest absolute Gasteiger partial charge is 0.335 e. The van der Waals surface area contributed by atoms with Crippen LogP contribution in [0.15, 0.2) is 48.6 Å². The van der Waals surface area contributed by atoms with Crippen LogP contribution in [0.1, 0.15) is 48.9 Å². The zero-order valence-electron chi connectivity index (χ0n) is 27.7. The number of carbonyl (C=O) groups is 2. The predicted molar refractivity (Wildman–Crippen MR) is 179 cm³/mol. The Morgan fingerprint density at radius 3 is 1.27 bits per heavy atom. The standard InChI is InChI=1S/2C13H18N2O2.C6H10O8/c2*1-10-7-8-12(9-13(10)15(16)17)6-4-5-11(2)14-3;7-1(3(9)5(11)12)2(8)4(10)6(13)14/h2*4,6-9,11,14H,5H2,1-3H3;1-4,7-10H,(H,11,12)(H,13,14)/b2*6-4+;/t;;1-,2+,3+,4-. The average Bonchev–Trinajstić information content (AvgIpc) is 3.04. The molecular weight excluding hydrogens is 632 g/mol. The zero-order valence-corrected chi connectivity index (χ0v) is 27.7. The van der Waals surface area contributed by atoms with E-state index in [1.165, 1.54) is 0 Å². The summed E-state index contributed by atoms with van der Waals surface area (Å²) in [7, 11) is 3.82. The Balaban J connectivity index is 0.000000695. The zero-order chi connectivity index (χ0) is 37.1. The maximum atomic E-state index is 10.8. The van der Waals surface area contributed by atoms with E-state index in [0.717, 1.165) is 24.0 Å². The van der Waals surface area contributed by atoms with Crippen LogP contribution in [0.5, 0.6) is 0 Å². The maximum Gasteiger partial charge on any atom is 0.335 e. The molecule has 266 valence electrons. The van der Waals surface area contributed by atoms with E-state index < -0.39 is 36.4 Å². The van der Waals surface area contributed by atoms with Crippen molar-refractivity contribution < 1.29 is 50.1 Å². The molecule has 0 aromatic heterocycles. The molecule has 0 aliphatic carbocycles. The number of hydrogen-bond acceptors (Lipinski definition) is 12. The summed E-state index contributed by atoms with van der Waals surface area (Å²) < 4.78 is 0. The number of carboxylic acids is 2. The Morgan fingerprint density at radius 2 is 1.02 bits per heavy atom. The molecule has 2 aromatic rings. The summed E-state index contributed by atoms with van der Waals surface area (Å²) in [6.07, 6.45) is 0.400. The first-order valence-electron chi connectivity index (χ1n) is 14.7. The van der Waals surface area contributed by atoms with Crippen LogP contribution in [0.3, 0.4) is 0 Å². The summed E-state index contributed by atoms with van der Waals surface area (Å²) in [6, 6.07) is 11.4. The molecule has 0 spiro atoms. The van der Waals surface area contributed by atoms with E-state index in [4.69, 9.17) is 30.6 Å². The van der Waals surface area contributed by atoms with Crippen LogP contribution >= 0.6 is 0 Å². The van der Waals surface area contributed by atoms with Crippen LogP contribution in [0.25, 0.3) is 12.2 Å². The molecule has 6 atom stereocenters. The van der Waals surface area contributed by atoms with Crippen molar-refractivity contribution in [1.82, 2.24) is 10.6 Å². The minimum absolute atomic E-state index is 0.175. The fourth-order valence-corrected chi connectivity index (χ4v) is 3.57. The number of aliphatic hydroxyl groups excluding tert-OH is 4. The second kappa shape index (κ2) is 22.1. The van der Waals surface area contributed by atoms with Crippen molar-refractivity contribution in [1.29, 1.82) is 0 Å². The second-order valence-electron chi connectivity index (χ2n) is 10.8. The fraction of sp³-hybridized carbons (Fsp3) is 0.438. The molecule has 0 aliphatic heterocycles. The van der Waals surface area contributed by atoms with Gasteiger partial charge >= 0.3 is 11.9 Å². The normalized spacial score (nSPS) is 14.8. The molecule has 0 saturated carbocycles. The van der Waals surface area contributed by atoms with Crippen LogP contribution in [0.2, 0.25) is 0 Å². The monoisotopic (exact) mass is 678 g/mol. The predicted octanol–water partition coefficient (Wildman–Crippen LogP) is 2.43. The number of nitro benzene ring substituents is 2. The molecule has 0 fully saturated rings. The van der Waals surface area contributed by atoms with Gasteiger partial charge in [0.25, 0.3) is 11.4 Å². The molecule has 0 heterocycles. The minimum atomic E-state index is -2.36. The molecule has 0 amide bonds. The average molecular weight is 679 g/mol. The number of hydrogen-bond donors (Lipinski definition) is 8. The van der Waals surface area contributed by atoms with Crippen molar-refractivity contribution >= 4 is 35.5 Å². The molecule has 2 rings (SSSR count). The van der Waals surface area contributed by atoms with Gasteiger partial charge in [0.1, 0.15) is 12.2 Å². The molecule has 0 aliphatic rings. The summed E-state index contributed by atoms with van der Waals surface area (Å²) in [5.41, 5.74) is 3.46. The highest BCUT2D eigenvalue weighted by Gasteiger charge is 2.37. The van der Waals surface area contributed by atoms with Crippen molar-refractivity contribution in [2.75, 3.05) is 14.1 Å². The van der Waals surface area contributed by atoms with Gasteiger partial charge < -0.3 is 41.3 Å². The van der Waals surface area contributed by atoms with E-state index >= 15 is 0 Å². The first-order valence-corrected chi connectivity index (χ1v) is 14.7. The van der Waals surface area contributed by atoms with Gasteiger partial charge in [0, 0.05) is 35.3 Å². The van der Waals surface area contributed by atoms with Crippen LogP contribution in [0.4, 0.5) is 11.4 Å². The molecular formula is C32H46N4O12. The van der Waals surface area contributed by atoms with E-state index in [9.17, 15) is 29.8 Å². The molecule has 8 N–H and O–H groups in total. The van der Waals surface area contributed by atoms with Crippen LogP contribution < -0.4 is 10.6 Å². The van der Waals surface area contributed by atoms with Crippen LogP contribution in [0, 0.1) is 34.1 Å². The van der Waals surface area contributed by atoms with Crippen molar-refractivity contribution in [3.63, 3.8) is 0 Å². The van der Waals surface area contributed by atoms with Crippen molar-refractivity contribution in [2.24, 2.45) is 0 Å². The molecule has 16 nitrogen and oxygen atoms in total. The number of nitro groups is 2. The third-order valence-corrected chi connectivity index (χ3v) is 6.95. The maximum absolute atomic E-state index is 10.8. The molecule has 48 heavy (non-hydrogen) atoms. The van der Waals surface area contributed by atoms with Gasteiger partial charge in [-0.3, -0.25) is 20.2 Å². The molecule has 16 heteroatoms. The molecule has 0 radical (unpaired) electrons. The highest BCUT2D eigenvalue weighted by molar-refractivity contribution is 5.75. The second-order valence-corrected chi connectivity index (χ2v) is 10.8. The summed E-state index contributed by atoms with van der Waals surface area (Å²) in [5.74, 6) is -3.68. The Morgan fingerprint density at radius 1 is 0.708 bits per heavy atom. The van der Waals surface area contributed by atoms with Gasteiger partial charge in [-0.2, -0.15) is 0 Å². The van der Waals surface area contributed by atoms with Crippen LogP contribution in [-0.2, 0) is 9.59 Å². The third kappa shape index (κ3) is 15.8. The summed E-state index contributed by atoms with van der Waals surface area (Å²) in [6.45, 7) is 7.66. The molecule has 0 saturated heterocycles. The Bertz CT molecular complexity index is 1310. The quantitative estimate of drug-likeness (QED) is 0.0993. The number of nitrogens with zero attached hydrogens (tertiary/aromatic N) is 2. The minimum Gasteiger partial charge on any atom is -0.479 e. The van der Waals surface area contributed by atoms with Crippen LogP contribution in [-0.4, -0.2) is 103 Å². The van der Waals surface area contributed by atoms with E-state index in [-0.39, 0.29) is 21.2 Å². The van der Waals surface area contributed by atoms with E-state index in [2.05, 4.69) is 24.5 Å². The number of carboxylic acid groups (broad SMARTS) is 2. The van der Waals surface area contributed by atoms with Gasteiger partial charge in [0.2, 0.25) is 0 Å². The first kappa shape index (κ1) is 43.4. The summed E-state index contributed by atoms with van der Waals surface area (Å²) >= 11 is 0. The Hall–Kier alpha value is -4.58.